The summed E-state index contributed by atoms with van der Waals surface area (Å²) < 4.78 is 11.2. The van der Waals surface area contributed by atoms with Crippen LogP contribution >= 0.6 is 7.60 Å². The van der Waals surface area contributed by atoms with E-state index in [0.29, 0.717) is 5.56 Å². The molecule has 3 aromatic heterocycles. The summed E-state index contributed by atoms with van der Waals surface area (Å²) in [4.78, 5) is 31.9. The number of rotatable bonds is 5. The lowest BCUT2D eigenvalue weighted by molar-refractivity contribution is 0.371. The average Bonchev–Trinajstić information content (AvgIpc) is 2.74. The Kier molecular flexibility index (Phi) is 5.32. The SMILES string of the molecule is O=P(O)(O)Cc1ccc(-c2cc(-c3ccccn3)nc(-c3ccccn3)c2)cc1. The summed E-state index contributed by atoms with van der Waals surface area (Å²) in [5.41, 5.74) is 5.38. The topological polar surface area (TPSA) is 96.2 Å². The van der Waals surface area contributed by atoms with Gasteiger partial charge in [0, 0.05) is 12.4 Å². The zero-order chi connectivity index (χ0) is 20.3. The number of pyridine rings is 3. The molecular weight excluding hydrogens is 385 g/mol. The second kappa shape index (κ2) is 8.05. The number of aromatic nitrogens is 3. The Hall–Kier alpha value is -3.18. The molecule has 0 spiro atoms. The molecule has 4 aromatic rings. The van der Waals surface area contributed by atoms with Crippen LogP contribution in [0.15, 0.2) is 85.2 Å². The molecular formula is C22H18N3O3P. The van der Waals surface area contributed by atoms with Crippen LogP contribution in [0.3, 0.4) is 0 Å². The van der Waals surface area contributed by atoms with Gasteiger partial charge in [-0.15, -0.1) is 0 Å². The van der Waals surface area contributed by atoms with Crippen LogP contribution in [0.1, 0.15) is 5.56 Å². The van der Waals surface area contributed by atoms with Crippen molar-refractivity contribution in [2.75, 3.05) is 0 Å². The first-order valence-electron chi connectivity index (χ1n) is 8.97. The van der Waals surface area contributed by atoms with Crippen LogP contribution in [0.4, 0.5) is 0 Å². The number of nitrogens with zero attached hydrogens (tertiary/aromatic N) is 3. The Bertz CT molecular complexity index is 1100. The van der Waals surface area contributed by atoms with Gasteiger partial charge in [0.1, 0.15) is 0 Å². The van der Waals surface area contributed by atoms with Gasteiger partial charge in [-0.1, -0.05) is 36.4 Å². The van der Waals surface area contributed by atoms with E-state index in [1.54, 1.807) is 24.5 Å². The Labute approximate surface area is 168 Å². The Balaban J connectivity index is 1.79. The van der Waals surface area contributed by atoms with E-state index in [1.807, 2.05) is 60.7 Å². The Morgan fingerprint density at radius 2 is 1.24 bits per heavy atom. The molecule has 0 aliphatic rings. The van der Waals surface area contributed by atoms with Gasteiger partial charge < -0.3 is 9.79 Å². The predicted octanol–water partition coefficient (Wildman–Crippen LogP) is 4.55. The average molecular weight is 403 g/mol. The molecule has 4 rings (SSSR count). The Morgan fingerprint density at radius 3 is 1.69 bits per heavy atom. The molecule has 0 radical (unpaired) electrons. The van der Waals surface area contributed by atoms with Crippen LogP contribution in [0, 0.1) is 0 Å². The van der Waals surface area contributed by atoms with Gasteiger partial charge in [0.15, 0.2) is 0 Å². The van der Waals surface area contributed by atoms with Crippen molar-refractivity contribution in [3.8, 4) is 33.9 Å². The molecule has 0 aliphatic carbocycles. The van der Waals surface area contributed by atoms with Crippen molar-refractivity contribution >= 4 is 7.60 Å². The third kappa shape index (κ3) is 4.81. The van der Waals surface area contributed by atoms with Gasteiger partial charge in [0.05, 0.1) is 28.9 Å². The highest BCUT2D eigenvalue weighted by Crippen LogP contribution is 2.39. The third-order valence-electron chi connectivity index (χ3n) is 4.36. The van der Waals surface area contributed by atoms with Crippen molar-refractivity contribution < 1.29 is 14.4 Å². The molecule has 2 N–H and O–H groups in total. The molecule has 7 heteroatoms. The summed E-state index contributed by atoms with van der Waals surface area (Å²) in [5, 5.41) is 0. The Morgan fingerprint density at radius 1 is 0.690 bits per heavy atom. The maximum atomic E-state index is 11.2. The summed E-state index contributed by atoms with van der Waals surface area (Å²) >= 11 is 0. The fourth-order valence-corrected chi connectivity index (χ4v) is 3.72. The maximum absolute atomic E-state index is 11.2. The van der Waals surface area contributed by atoms with Gasteiger partial charge in [-0.25, -0.2) is 4.98 Å². The van der Waals surface area contributed by atoms with Crippen LogP contribution < -0.4 is 0 Å². The van der Waals surface area contributed by atoms with E-state index in [0.717, 1.165) is 33.9 Å². The van der Waals surface area contributed by atoms with Gasteiger partial charge in [-0.3, -0.25) is 14.5 Å². The zero-order valence-electron chi connectivity index (χ0n) is 15.4. The van der Waals surface area contributed by atoms with E-state index in [-0.39, 0.29) is 6.16 Å². The van der Waals surface area contributed by atoms with Crippen LogP contribution in [-0.4, -0.2) is 24.7 Å². The summed E-state index contributed by atoms with van der Waals surface area (Å²) in [7, 11) is -4.10. The summed E-state index contributed by atoms with van der Waals surface area (Å²) in [5.74, 6) is 0. The molecule has 144 valence electrons. The quantitative estimate of drug-likeness (QED) is 0.475. The number of hydrogen-bond acceptors (Lipinski definition) is 4. The van der Waals surface area contributed by atoms with Crippen molar-refractivity contribution in [2.45, 2.75) is 6.16 Å². The van der Waals surface area contributed by atoms with Crippen molar-refractivity contribution in [1.29, 1.82) is 0 Å². The molecule has 0 saturated carbocycles. The van der Waals surface area contributed by atoms with Crippen molar-refractivity contribution in [3.05, 3.63) is 90.8 Å². The van der Waals surface area contributed by atoms with Gasteiger partial charge in [0.25, 0.3) is 0 Å². The van der Waals surface area contributed by atoms with Crippen LogP contribution in [0.2, 0.25) is 0 Å². The first kappa shape index (κ1) is 19.2. The molecule has 0 amide bonds. The molecule has 0 atom stereocenters. The highest BCUT2D eigenvalue weighted by Gasteiger charge is 2.14. The van der Waals surface area contributed by atoms with Gasteiger partial charge in [-0.05, 0) is 53.1 Å². The lowest BCUT2D eigenvalue weighted by Crippen LogP contribution is -1.94. The van der Waals surface area contributed by atoms with E-state index in [9.17, 15) is 14.4 Å². The zero-order valence-corrected chi connectivity index (χ0v) is 16.3. The van der Waals surface area contributed by atoms with Crippen LogP contribution in [0.5, 0.6) is 0 Å². The first-order valence-corrected chi connectivity index (χ1v) is 10.8. The minimum Gasteiger partial charge on any atom is -0.324 e. The largest absolute Gasteiger partial charge is 0.329 e. The normalized spacial score (nSPS) is 11.4. The van der Waals surface area contributed by atoms with E-state index in [4.69, 9.17) is 4.98 Å². The van der Waals surface area contributed by atoms with E-state index >= 15 is 0 Å². The predicted molar refractivity (Wildman–Crippen MR) is 112 cm³/mol. The summed E-state index contributed by atoms with van der Waals surface area (Å²) in [6.45, 7) is 0. The summed E-state index contributed by atoms with van der Waals surface area (Å²) in [6, 6.07) is 22.4. The third-order valence-corrected chi connectivity index (χ3v) is 5.13. The molecule has 0 unspecified atom stereocenters. The van der Waals surface area contributed by atoms with Crippen LogP contribution in [-0.2, 0) is 10.7 Å². The second-order valence-electron chi connectivity index (χ2n) is 6.58. The number of benzene rings is 1. The maximum Gasteiger partial charge on any atom is 0.329 e. The summed E-state index contributed by atoms with van der Waals surface area (Å²) in [6.07, 6.45) is 3.17. The van der Waals surface area contributed by atoms with Gasteiger partial charge >= 0.3 is 7.60 Å². The molecule has 0 saturated heterocycles. The first-order chi connectivity index (χ1) is 14.0. The van der Waals surface area contributed by atoms with Crippen molar-refractivity contribution in [1.82, 2.24) is 15.0 Å². The molecule has 3 heterocycles. The van der Waals surface area contributed by atoms with Gasteiger partial charge in [-0.2, -0.15) is 0 Å². The smallest absolute Gasteiger partial charge is 0.324 e. The minimum absolute atomic E-state index is 0.276. The highest BCUT2D eigenvalue weighted by molar-refractivity contribution is 7.50. The molecule has 6 nitrogen and oxygen atoms in total. The standard InChI is InChI=1S/C22H18N3O3P/c26-29(27,28)15-16-7-9-17(10-8-16)18-13-21(19-5-1-3-11-23-19)25-22(14-18)20-6-2-4-12-24-20/h1-14H,15H2,(H2,26,27,28). The van der Waals surface area contributed by atoms with E-state index in [2.05, 4.69) is 9.97 Å². The fraction of sp³-hybridized carbons (Fsp3) is 0.0455. The van der Waals surface area contributed by atoms with Crippen molar-refractivity contribution in [2.24, 2.45) is 0 Å². The van der Waals surface area contributed by atoms with Crippen molar-refractivity contribution in [3.63, 3.8) is 0 Å². The molecule has 1 aromatic carbocycles. The highest BCUT2D eigenvalue weighted by atomic mass is 31.2. The second-order valence-corrected chi connectivity index (χ2v) is 8.22. The monoisotopic (exact) mass is 403 g/mol. The molecule has 0 fully saturated rings. The molecule has 0 bridgehead atoms. The van der Waals surface area contributed by atoms with E-state index < -0.39 is 7.60 Å². The molecule has 29 heavy (non-hydrogen) atoms. The fourth-order valence-electron chi connectivity index (χ4n) is 3.03. The van der Waals surface area contributed by atoms with Crippen LogP contribution in [0.25, 0.3) is 33.9 Å². The molecule has 0 aliphatic heterocycles. The van der Waals surface area contributed by atoms with Gasteiger partial charge in [0.2, 0.25) is 0 Å². The number of hydrogen-bond donors (Lipinski definition) is 2. The lowest BCUT2D eigenvalue weighted by Gasteiger charge is -2.10. The van der Waals surface area contributed by atoms with E-state index in [1.165, 1.54) is 0 Å². The lowest BCUT2D eigenvalue weighted by atomic mass is 10.0. The minimum atomic E-state index is -4.10.